The second-order valence-corrected chi connectivity index (χ2v) is 6.67. The summed E-state index contributed by atoms with van der Waals surface area (Å²) in [5.74, 6) is -1.21. The van der Waals surface area contributed by atoms with Crippen molar-refractivity contribution in [3.8, 4) is 0 Å². The maximum Gasteiger partial charge on any atom is 0.416 e. The molecule has 8 heteroatoms. The predicted molar refractivity (Wildman–Crippen MR) is 96.9 cm³/mol. The molecular weight excluding hydrogens is 427 g/mol. The Morgan fingerprint density at radius 1 is 1.15 bits per heavy atom. The number of esters is 1. The van der Waals surface area contributed by atoms with E-state index in [-0.39, 0.29) is 18.4 Å². The smallest absolute Gasteiger partial charge is 0.416 e. The number of halogens is 4. The summed E-state index contributed by atoms with van der Waals surface area (Å²) in [7, 11) is 1.20. The average molecular weight is 444 g/mol. The van der Waals surface area contributed by atoms with Crippen LogP contribution in [0.25, 0.3) is 0 Å². The number of nitrogens with one attached hydrogen (secondary N) is 1. The van der Waals surface area contributed by atoms with Gasteiger partial charge in [0.1, 0.15) is 6.04 Å². The fourth-order valence-corrected chi connectivity index (χ4v) is 2.95. The largest absolute Gasteiger partial charge is 0.467 e. The van der Waals surface area contributed by atoms with Crippen LogP contribution in [0.2, 0.25) is 0 Å². The maximum atomic E-state index is 12.8. The third-order valence-electron chi connectivity index (χ3n) is 3.82. The molecule has 1 N–H and O–H groups in total. The van der Waals surface area contributed by atoms with E-state index in [1.807, 2.05) is 6.07 Å². The summed E-state index contributed by atoms with van der Waals surface area (Å²) in [6.07, 6.45) is -4.59. The molecule has 0 aliphatic rings. The molecule has 0 saturated carbocycles. The minimum Gasteiger partial charge on any atom is -0.467 e. The first kappa shape index (κ1) is 21.0. The Morgan fingerprint density at radius 2 is 1.85 bits per heavy atom. The lowest BCUT2D eigenvalue weighted by Gasteiger charge is -2.17. The number of hydrogen-bond acceptors (Lipinski definition) is 3. The molecule has 0 unspecified atom stereocenters. The normalized spacial score (nSPS) is 12.3. The van der Waals surface area contributed by atoms with Gasteiger partial charge in [-0.25, -0.2) is 4.79 Å². The molecule has 1 atom stereocenters. The number of benzene rings is 2. The number of hydrogen-bond donors (Lipinski definition) is 1. The van der Waals surface area contributed by atoms with E-state index < -0.39 is 29.7 Å². The lowest BCUT2D eigenvalue weighted by molar-refractivity contribution is -0.145. The fraction of sp³-hybridized carbons (Fsp3) is 0.263. The van der Waals surface area contributed by atoms with Crippen molar-refractivity contribution in [3.63, 3.8) is 0 Å². The zero-order valence-electron chi connectivity index (χ0n) is 14.3. The molecule has 4 nitrogen and oxygen atoms in total. The first-order valence-corrected chi connectivity index (χ1v) is 8.76. The van der Waals surface area contributed by atoms with Crippen LogP contribution in [-0.4, -0.2) is 25.0 Å². The van der Waals surface area contributed by atoms with Gasteiger partial charge >= 0.3 is 12.1 Å². The molecule has 2 aromatic rings. The summed E-state index contributed by atoms with van der Waals surface area (Å²) < 4.78 is 43.8. The summed E-state index contributed by atoms with van der Waals surface area (Å²) >= 11 is 3.37. The van der Waals surface area contributed by atoms with Crippen molar-refractivity contribution >= 4 is 27.8 Å². The van der Waals surface area contributed by atoms with Crippen molar-refractivity contribution in [2.24, 2.45) is 0 Å². The Hall–Kier alpha value is -2.35. The number of rotatable bonds is 6. The molecule has 2 aromatic carbocycles. The van der Waals surface area contributed by atoms with E-state index in [1.54, 1.807) is 18.2 Å². The van der Waals surface area contributed by atoms with Gasteiger partial charge in [-0.05, 0) is 23.3 Å². The van der Waals surface area contributed by atoms with Crippen LogP contribution in [0.1, 0.15) is 16.7 Å². The molecule has 0 saturated heterocycles. The molecule has 0 aliphatic carbocycles. The van der Waals surface area contributed by atoms with Crippen LogP contribution in [0, 0.1) is 0 Å². The van der Waals surface area contributed by atoms with Gasteiger partial charge in [-0.1, -0.05) is 52.3 Å². The van der Waals surface area contributed by atoms with Gasteiger partial charge in [0.25, 0.3) is 0 Å². The summed E-state index contributed by atoms with van der Waals surface area (Å²) in [6.45, 7) is 0. The van der Waals surface area contributed by atoms with E-state index in [4.69, 9.17) is 4.74 Å². The number of amides is 1. The van der Waals surface area contributed by atoms with Crippen LogP contribution in [-0.2, 0) is 33.3 Å². The van der Waals surface area contributed by atoms with Gasteiger partial charge in [-0.2, -0.15) is 13.2 Å². The van der Waals surface area contributed by atoms with Gasteiger partial charge in [0.15, 0.2) is 0 Å². The maximum absolute atomic E-state index is 12.8. The summed E-state index contributed by atoms with van der Waals surface area (Å²) in [4.78, 5) is 24.3. The van der Waals surface area contributed by atoms with Crippen LogP contribution in [0.4, 0.5) is 13.2 Å². The molecular formula is C19H17BrF3NO3. The van der Waals surface area contributed by atoms with Crippen LogP contribution < -0.4 is 5.32 Å². The molecule has 0 radical (unpaired) electrons. The molecule has 0 heterocycles. The minimum atomic E-state index is -4.49. The fourth-order valence-electron chi connectivity index (χ4n) is 2.51. The third kappa shape index (κ3) is 6.09. The van der Waals surface area contributed by atoms with E-state index in [9.17, 15) is 22.8 Å². The Labute approximate surface area is 162 Å². The average Bonchev–Trinajstić information content (AvgIpc) is 2.61. The van der Waals surface area contributed by atoms with Crippen molar-refractivity contribution in [1.29, 1.82) is 0 Å². The molecule has 0 bridgehead atoms. The van der Waals surface area contributed by atoms with Crippen molar-refractivity contribution in [3.05, 3.63) is 69.7 Å². The van der Waals surface area contributed by atoms with Crippen molar-refractivity contribution in [1.82, 2.24) is 5.32 Å². The van der Waals surface area contributed by atoms with Gasteiger partial charge in [0, 0.05) is 10.9 Å². The summed E-state index contributed by atoms with van der Waals surface area (Å²) in [6, 6.07) is 10.8. The lowest BCUT2D eigenvalue weighted by Crippen LogP contribution is -2.43. The van der Waals surface area contributed by atoms with E-state index in [0.717, 1.165) is 22.2 Å². The van der Waals surface area contributed by atoms with Crippen LogP contribution in [0.5, 0.6) is 0 Å². The van der Waals surface area contributed by atoms with Crippen LogP contribution in [0.3, 0.4) is 0 Å². The number of carbonyl (C=O) groups is 2. The van der Waals surface area contributed by atoms with Gasteiger partial charge in [0.2, 0.25) is 5.91 Å². The van der Waals surface area contributed by atoms with E-state index >= 15 is 0 Å². The highest BCUT2D eigenvalue weighted by Crippen LogP contribution is 2.29. The summed E-state index contributed by atoms with van der Waals surface area (Å²) in [5.41, 5.74) is 0.157. The molecule has 0 aromatic heterocycles. The van der Waals surface area contributed by atoms with E-state index in [0.29, 0.717) is 0 Å². The molecule has 1 amide bonds. The third-order valence-corrected chi connectivity index (χ3v) is 4.60. The Bertz CT molecular complexity index is 824. The van der Waals surface area contributed by atoms with Crippen molar-refractivity contribution < 1.29 is 27.5 Å². The monoisotopic (exact) mass is 443 g/mol. The summed E-state index contributed by atoms with van der Waals surface area (Å²) in [5, 5.41) is 2.53. The van der Waals surface area contributed by atoms with Crippen molar-refractivity contribution in [2.75, 3.05) is 7.11 Å². The zero-order valence-corrected chi connectivity index (χ0v) is 15.9. The van der Waals surface area contributed by atoms with Crippen LogP contribution in [0.15, 0.2) is 53.0 Å². The number of ether oxygens (including phenoxy) is 1. The lowest BCUT2D eigenvalue weighted by atomic mass is 10.0. The van der Waals surface area contributed by atoms with Gasteiger partial charge < -0.3 is 10.1 Å². The highest BCUT2D eigenvalue weighted by atomic mass is 79.9. The SMILES string of the molecule is COC(=O)[C@@H](Cc1ccccc1Br)NC(=O)Cc1cccc(C(F)(F)F)c1. The first-order chi connectivity index (χ1) is 12.7. The highest BCUT2D eigenvalue weighted by molar-refractivity contribution is 9.10. The number of alkyl halides is 3. The Morgan fingerprint density at radius 3 is 2.48 bits per heavy atom. The second-order valence-electron chi connectivity index (χ2n) is 5.81. The quantitative estimate of drug-likeness (QED) is 0.688. The first-order valence-electron chi connectivity index (χ1n) is 7.97. The molecule has 0 fully saturated rings. The van der Waals surface area contributed by atoms with Gasteiger partial charge in [-0.3, -0.25) is 4.79 Å². The standard InChI is InChI=1S/C19H17BrF3NO3/c1-27-18(26)16(11-13-6-2-3-8-15(13)20)24-17(25)10-12-5-4-7-14(9-12)19(21,22)23/h2-9,16H,10-11H2,1H3,(H,24,25)/t16-/m1/s1. The molecule has 144 valence electrons. The van der Waals surface area contributed by atoms with Crippen molar-refractivity contribution in [2.45, 2.75) is 25.1 Å². The molecule has 2 rings (SSSR count). The molecule has 0 spiro atoms. The van der Waals surface area contributed by atoms with Crippen LogP contribution >= 0.6 is 15.9 Å². The van der Waals surface area contributed by atoms with E-state index in [2.05, 4.69) is 21.2 Å². The zero-order chi connectivity index (χ0) is 20.0. The second kappa shape index (κ2) is 9.03. The Balaban J connectivity index is 2.10. The topological polar surface area (TPSA) is 55.4 Å². The Kier molecular flexibility index (Phi) is 7.01. The molecule has 0 aliphatic heterocycles. The van der Waals surface area contributed by atoms with Gasteiger partial charge in [0.05, 0.1) is 19.1 Å². The minimum absolute atomic E-state index is 0.183. The predicted octanol–water partition coefficient (Wildman–Crippen LogP) is 3.91. The van der Waals surface area contributed by atoms with Gasteiger partial charge in [-0.15, -0.1) is 0 Å². The number of methoxy groups -OCH3 is 1. The highest BCUT2D eigenvalue weighted by Gasteiger charge is 2.30. The van der Waals surface area contributed by atoms with E-state index in [1.165, 1.54) is 19.2 Å². The molecule has 27 heavy (non-hydrogen) atoms. The number of carbonyl (C=O) groups excluding carboxylic acids is 2.